The molecule has 4 N–H and O–H groups in total. The van der Waals surface area contributed by atoms with E-state index in [0.29, 0.717) is 12.2 Å². The Balaban J connectivity index is 3.64. The number of hydrogen-bond acceptors (Lipinski definition) is 4. The van der Waals surface area contributed by atoms with Crippen LogP contribution in [0.4, 0.5) is 0 Å². The van der Waals surface area contributed by atoms with Crippen LogP contribution >= 0.6 is 12.6 Å². The van der Waals surface area contributed by atoms with Gasteiger partial charge in [0.1, 0.15) is 6.54 Å². The minimum absolute atomic E-state index is 0.390. The van der Waals surface area contributed by atoms with E-state index in [9.17, 15) is 9.59 Å². The van der Waals surface area contributed by atoms with Gasteiger partial charge in [-0.2, -0.15) is 12.6 Å². The zero-order valence-electron chi connectivity index (χ0n) is 6.49. The van der Waals surface area contributed by atoms with Crippen molar-refractivity contribution in [3.05, 3.63) is 0 Å². The van der Waals surface area contributed by atoms with Crippen molar-refractivity contribution in [2.75, 3.05) is 12.3 Å². The van der Waals surface area contributed by atoms with E-state index in [1.54, 1.807) is 0 Å². The Morgan fingerprint density at radius 3 is 2.58 bits per heavy atom. The predicted octanol–water partition coefficient (Wildman–Crippen LogP) is -1.17. The van der Waals surface area contributed by atoms with Crippen molar-refractivity contribution in [2.45, 2.75) is 12.5 Å². The molecular formula is C6H12N2O3S. The lowest BCUT2D eigenvalue weighted by Gasteiger charge is -2.08. The summed E-state index contributed by atoms with van der Waals surface area (Å²) in [6.07, 6.45) is 0.439. The van der Waals surface area contributed by atoms with Gasteiger partial charge in [0, 0.05) is 0 Å². The summed E-state index contributed by atoms with van der Waals surface area (Å²) in [5.41, 5.74) is 5.36. The molecule has 70 valence electrons. The summed E-state index contributed by atoms with van der Waals surface area (Å²) in [4.78, 5) is 20.9. The Labute approximate surface area is 75.7 Å². The van der Waals surface area contributed by atoms with Gasteiger partial charge in [-0.1, -0.05) is 0 Å². The van der Waals surface area contributed by atoms with Gasteiger partial charge in [-0.15, -0.1) is 0 Å². The fourth-order valence-corrected chi connectivity index (χ4v) is 0.842. The number of carboxylic acid groups (broad SMARTS) is 1. The van der Waals surface area contributed by atoms with Gasteiger partial charge in [-0.05, 0) is 12.2 Å². The number of thiol groups is 1. The zero-order chi connectivity index (χ0) is 9.56. The summed E-state index contributed by atoms with van der Waals surface area (Å²) in [5, 5.41) is 10.4. The normalized spacial score (nSPS) is 12.2. The summed E-state index contributed by atoms with van der Waals surface area (Å²) in [6.45, 7) is -0.390. The Morgan fingerprint density at radius 1 is 1.58 bits per heavy atom. The third-order valence-corrected chi connectivity index (χ3v) is 1.45. The van der Waals surface area contributed by atoms with Gasteiger partial charge in [-0.25, -0.2) is 0 Å². The number of carboxylic acids is 1. The van der Waals surface area contributed by atoms with Crippen LogP contribution in [0.5, 0.6) is 0 Å². The molecule has 0 aromatic carbocycles. The van der Waals surface area contributed by atoms with Gasteiger partial charge in [0.2, 0.25) is 5.91 Å². The molecule has 0 rings (SSSR count). The highest BCUT2D eigenvalue weighted by atomic mass is 32.1. The lowest BCUT2D eigenvalue weighted by atomic mass is 10.2. The summed E-state index contributed by atoms with van der Waals surface area (Å²) in [5.74, 6) is -1.03. The second kappa shape index (κ2) is 5.84. The van der Waals surface area contributed by atoms with Crippen LogP contribution in [0.15, 0.2) is 0 Å². The molecule has 0 heterocycles. The maximum Gasteiger partial charge on any atom is 0.322 e. The topological polar surface area (TPSA) is 92.4 Å². The maximum atomic E-state index is 10.9. The number of hydrogen-bond donors (Lipinski definition) is 4. The number of carbonyl (C=O) groups is 2. The fourth-order valence-electron chi connectivity index (χ4n) is 0.564. The lowest BCUT2D eigenvalue weighted by molar-refractivity contribution is -0.138. The van der Waals surface area contributed by atoms with Crippen molar-refractivity contribution in [3.63, 3.8) is 0 Å². The highest BCUT2D eigenvalue weighted by Crippen LogP contribution is 1.89. The smallest absolute Gasteiger partial charge is 0.322 e. The van der Waals surface area contributed by atoms with Gasteiger partial charge in [0.25, 0.3) is 0 Å². The first-order valence-electron chi connectivity index (χ1n) is 3.44. The Morgan fingerprint density at radius 2 is 2.17 bits per heavy atom. The highest BCUT2D eigenvalue weighted by Gasteiger charge is 2.12. The Kier molecular flexibility index (Phi) is 5.48. The Bertz CT molecular complexity index is 174. The largest absolute Gasteiger partial charge is 0.480 e. The molecule has 0 aromatic heterocycles. The second-order valence-electron chi connectivity index (χ2n) is 2.23. The molecule has 0 radical (unpaired) electrons. The fraction of sp³-hybridized carbons (Fsp3) is 0.667. The molecule has 0 saturated carbocycles. The number of amides is 1. The number of nitrogens with one attached hydrogen (secondary N) is 1. The van der Waals surface area contributed by atoms with Gasteiger partial charge in [0.15, 0.2) is 0 Å². The molecule has 0 aliphatic carbocycles. The van der Waals surface area contributed by atoms with Crippen LogP contribution in [0.2, 0.25) is 0 Å². The van der Waals surface area contributed by atoms with Gasteiger partial charge in [-0.3, -0.25) is 9.59 Å². The highest BCUT2D eigenvalue weighted by molar-refractivity contribution is 7.80. The van der Waals surface area contributed by atoms with E-state index in [1.807, 2.05) is 0 Å². The van der Waals surface area contributed by atoms with Crippen LogP contribution in [-0.2, 0) is 9.59 Å². The first kappa shape index (κ1) is 11.2. The molecule has 1 amide bonds. The lowest BCUT2D eigenvalue weighted by Crippen LogP contribution is -2.42. The predicted molar refractivity (Wildman–Crippen MR) is 47.1 cm³/mol. The number of rotatable bonds is 5. The van der Waals surface area contributed by atoms with E-state index >= 15 is 0 Å². The quantitative estimate of drug-likeness (QED) is 0.413. The maximum absolute atomic E-state index is 10.9. The summed E-state index contributed by atoms with van der Waals surface area (Å²) in [7, 11) is 0. The molecule has 5 nitrogen and oxygen atoms in total. The average Bonchev–Trinajstić information content (AvgIpc) is 2.00. The monoisotopic (exact) mass is 192 g/mol. The number of carbonyl (C=O) groups excluding carboxylic acids is 1. The number of nitrogens with two attached hydrogens (primary N) is 1. The van der Waals surface area contributed by atoms with Gasteiger partial charge < -0.3 is 16.2 Å². The van der Waals surface area contributed by atoms with E-state index in [0.717, 1.165) is 0 Å². The van der Waals surface area contributed by atoms with Crippen molar-refractivity contribution < 1.29 is 14.7 Å². The summed E-state index contributed by atoms with van der Waals surface area (Å²) in [6, 6.07) is -0.665. The van der Waals surface area contributed by atoms with E-state index < -0.39 is 17.9 Å². The molecule has 0 aliphatic heterocycles. The minimum atomic E-state index is -1.08. The van der Waals surface area contributed by atoms with Crippen LogP contribution in [0.3, 0.4) is 0 Å². The van der Waals surface area contributed by atoms with Crippen LogP contribution in [0.1, 0.15) is 6.42 Å². The first-order valence-corrected chi connectivity index (χ1v) is 4.07. The van der Waals surface area contributed by atoms with E-state index in [4.69, 9.17) is 10.8 Å². The molecule has 0 aromatic rings. The number of aliphatic carboxylic acids is 1. The van der Waals surface area contributed by atoms with E-state index in [2.05, 4.69) is 17.9 Å². The summed E-state index contributed by atoms with van der Waals surface area (Å²) >= 11 is 3.89. The van der Waals surface area contributed by atoms with Crippen LogP contribution in [0, 0.1) is 0 Å². The van der Waals surface area contributed by atoms with Crippen molar-refractivity contribution in [3.8, 4) is 0 Å². The van der Waals surface area contributed by atoms with Crippen molar-refractivity contribution in [1.29, 1.82) is 0 Å². The first-order chi connectivity index (χ1) is 5.57. The summed E-state index contributed by atoms with van der Waals surface area (Å²) < 4.78 is 0. The second-order valence-corrected chi connectivity index (χ2v) is 2.68. The SMILES string of the molecule is N[C@@H](CCS)C(=O)NCC(=O)O. The third kappa shape index (κ3) is 4.97. The van der Waals surface area contributed by atoms with Crippen molar-refractivity contribution in [1.82, 2.24) is 5.32 Å². The molecule has 0 unspecified atom stereocenters. The molecule has 0 aliphatic rings. The molecule has 12 heavy (non-hydrogen) atoms. The molecule has 1 atom stereocenters. The van der Waals surface area contributed by atoms with Gasteiger partial charge in [0.05, 0.1) is 6.04 Å². The molecule has 0 saturated heterocycles. The van der Waals surface area contributed by atoms with Crippen LogP contribution in [0.25, 0.3) is 0 Å². The average molecular weight is 192 g/mol. The van der Waals surface area contributed by atoms with Crippen molar-refractivity contribution >= 4 is 24.5 Å². The molecule has 0 bridgehead atoms. The minimum Gasteiger partial charge on any atom is -0.480 e. The van der Waals surface area contributed by atoms with Crippen LogP contribution in [-0.4, -0.2) is 35.3 Å². The standard InChI is InChI=1S/C6H12N2O3S/c7-4(1-2-12)6(11)8-3-5(9)10/h4,12H,1-3,7H2,(H,8,11)(H,9,10)/t4-/m0/s1. The molecule has 0 fully saturated rings. The van der Waals surface area contributed by atoms with Gasteiger partial charge >= 0.3 is 5.97 Å². The third-order valence-electron chi connectivity index (χ3n) is 1.19. The van der Waals surface area contributed by atoms with E-state index in [-0.39, 0.29) is 6.54 Å². The molecule has 6 heteroatoms. The Hall–Kier alpha value is -0.750. The zero-order valence-corrected chi connectivity index (χ0v) is 7.38. The van der Waals surface area contributed by atoms with Crippen LogP contribution < -0.4 is 11.1 Å². The van der Waals surface area contributed by atoms with Crippen molar-refractivity contribution in [2.24, 2.45) is 5.73 Å². The van der Waals surface area contributed by atoms with E-state index in [1.165, 1.54) is 0 Å². The molecular weight excluding hydrogens is 180 g/mol. The molecule has 0 spiro atoms.